The second-order valence-electron chi connectivity index (χ2n) is 3.35. The average Bonchev–Trinajstić information content (AvgIpc) is 2.66. The highest BCUT2D eigenvalue weighted by atomic mass is 79.9. The molecule has 1 unspecified atom stereocenters. The van der Waals surface area contributed by atoms with Gasteiger partial charge in [-0.15, -0.1) is 5.10 Å². The zero-order chi connectivity index (χ0) is 8.55. The Kier molecular flexibility index (Phi) is 2.46. The van der Waals surface area contributed by atoms with E-state index in [9.17, 15) is 0 Å². The molecule has 0 amide bonds. The van der Waals surface area contributed by atoms with Crippen LogP contribution >= 0.6 is 27.5 Å². The van der Waals surface area contributed by atoms with Crippen molar-refractivity contribution in [2.75, 3.05) is 0 Å². The maximum atomic E-state index is 4.16. The van der Waals surface area contributed by atoms with E-state index >= 15 is 0 Å². The number of nitrogens with zero attached hydrogens (tertiary/aromatic N) is 2. The van der Waals surface area contributed by atoms with Crippen LogP contribution in [0.15, 0.2) is 0 Å². The Labute approximate surface area is 84.7 Å². The molecule has 0 saturated heterocycles. The molecule has 0 spiro atoms. The molecule has 1 fully saturated rings. The number of halogens is 1. The van der Waals surface area contributed by atoms with Crippen LogP contribution in [0.5, 0.6) is 0 Å². The Hall–Kier alpha value is 0.0400. The summed E-state index contributed by atoms with van der Waals surface area (Å²) in [6.07, 6.45) is 3.91. The van der Waals surface area contributed by atoms with Gasteiger partial charge in [0.2, 0.25) is 0 Å². The van der Waals surface area contributed by atoms with Crippen molar-refractivity contribution in [3.63, 3.8) is 0 Å². The molecular formula is C8H11BrN2S. The van der Waals surface area contributed by atoms with Crippen LogP contribution in [0.4, 0.5) is 0 Å². The van der Waals surface area contributed by atoms with E-state index in [0.29, 0.717) is 4.83 Å². The largest absolute Gasteiger partial charge is 0.143 e. The van der Waals surface area contributed by atoms with E-state index in [-0.39, 0.29) is 0 Å². The first kappa shape index (κ1) is 8.63. The van der Waals surface area contributed by atoms with E-state index < -0.39 is 0 Å². The van der Waals surface area contributed by atoms with E-state index in [1.165, 1.54) is 34.9 Å². The fourth-order valence-corrected chi connectivity index (χ4v) is 2.37. The Balaban J connectivity index is 2.11. The predicted octanol–water partition coefficient (Wildman–Crippen LogP) is 2.95. The normalized spacial score (nSPS) is 19.5. The van der Waals surface area contributed by atoms with Crippen molar-refractivity contribution in [1.29, 1.82) is 0 Å². The Morgan fingerprint density at radius 3 is 3.00 bits per heavy atom. The van der Waals surface area contributed by atoms with E-state index in [1.807, 2.05) is 0 Å². The molecule has 0 radical (unpaired) electrons. The lowest BCUT2D eigenvalue weighted by Crippen LogP contribution is -1.93. The molecule has 0 aliphatic heterocycles. The molecule has 0 N–H and O–H groups in total. The monoisotopic (exact) mass is 246 g/mol. The van der Waals surface area contributed by atoms with Gasteiger partial charge in [0.15, 0.2) is 0 Å². The molecule has 2 rings (SSSR count). The molecule has 66 valence electrons. The first-order valence-corrected chi connectivity index (χ1v) is 5.91. The summed E-state index contributed by atoms with van der Waals surface area (Å²) in [7, 11) is 0. The standard InChI is InChI=1S/C8H11BrN2S/c1-5(9)8-7(10-11-12-8)4-6-2-3-6/h5-6H,2-4H2,1H3. The molecule has 1 atom stereocenters. The maximum absolute atomic E-state index is 4.16. The maximum Gasteiger partial charge on any atom is 0.0801 e. The summed E-state index contributed by atoms with van der Waals surface area (Å²) in [5.41, 5.74) is 1.21. The van der Waals surface area contributed by atoms with Gasteiger partial charge in [-0.25, -0.2) is 0 Å². The third-order valence-electron chi connectivity index (χ3n) is 2.13. The lowest BCUT2D eigenvalue weighted by molar-refractivity contribution is 0.786. The summed E-state index contributed by atoms with van der Waals surface area (Å²) in [4.78, 5) is 1.72. The van der Waals surface area contributed by atoms with E-state index in [1.54, 1.807) is 0 Å². The molecule has 1 aliphatic rings. The Morgan fingerprint density at radius 1 is 1.67 bits per heavy atom. The van der Waals surface area contributed by atoms with Crippen LogP contribution in [0.2, 0.25) is 0 Å². The van der Waals surface area contributed by atoms with Gasteiger partial charge < -0.3 is 0 Å². The predicted molar refractivity (Wildman–Crippen MR) is 53.7 cm³/mol. The molecule has 1 aromatic heterocycles. The SMILES string of the molecule is CC(Br)c1snnc1CC1CC1. The van der Waals surface area contributed by atoms with E-state index in [4.69, 9.17) is 0 Å². The van der Waals surface area contributed by atoms with Gasteiger partial charge in [0.25, 0.3) is 0 Å². The fourth-order valence-electron chi connectivity index (χ4n) is 1.25. The Morgan fingerprint density at radius 2 is 2.42 bits per heavy atom. The Bertz CT molecular complexity index is 268. The van der Waals surface area contributed by atoms with Crippen molar-refractivity contribution < 1.29 is 0 Å². The highest BCUT2D eigenvalue weighted by Crippen LogP contribution is 2.36. The first-order chi connectivity index (χ1) is 5.77. The average molecular weight is 247 g/mol. The summed E-state index contributed by atoms with van der Waals surface area (Å²) in [6, 6.07) is 0. The van der Waals surface area contributed by atoms with Crippen LogP contribution in [0.1, 0.15) is 35.2 Å². The minimum Gasteiger partial charge on any atom is -0.143 e. The van der Waals surface area contributed by atoms with Crippen LogP contribution in [-0.4, -0.2) is 9.59 Å². The van der Waals surface area contributed by atoms with Crippen molar-refractivity contribution in [2.45, 2.75) is 31.0 Å². The summed E-state index contributed by atoms with van der Waals surface area (Å²) in [5.74, 6) is 0.902. The van der Waals surface area contributed by atoms with Crippen LogP contribution in [0, 0.1) is 5.92 Å². The first-order valence-electron chi connectivity index (χ1n) is 4.22. The van der Waals surface area contributed by atoms with Crippen molar-refractivity contribution in [3.05, 3.63) is 10.6 Å². The topological polar surface area (TPSA) is 25.8 Å². The molecule has 1 aromatic rings. The molecule has 1 saturated carbocycles. The minimum absolute atomic E-state index is 0.409. The molecule has 4 heteroatoms. The number of hydrogen-bond donors (Lipinski definition) is 0. The number of rotatable bonds is 3. The third kappa shape index (κ3) is 1.85. The second-order valence-corrected chi connectivity index (χ2v) is 5.51. The minimum atomic E-state index is 0.409. The summed E-state index contributed by atoms with van der Waals surface area (Å²) >= 11 is 5.07. The number of aromatic nitrogens is 2. The summed E-state index contributed by atoms with van der Waals surface area (Å²) < 4.78 is 3.99. The smallest absolute Gasteiger partial charge is 0.0801 e. The summed E-state index contributed by atoms with van der Waals surface area (Å²) in [5, 5.41) is 4.16. The van der Waals surface area contributed by atoms with Gasteiger partial charge in [0.1, 0.15) is 0 Å². The zero-order valence-electron chi connectivity index (χ0n) is 6.96. The molecule has 0 aromatic carbocycles. The van der Waals surface area contributed by atoms with Crippen molar-refractivity contribution in [3.8, 4) is 0 Å². The van der Waals surface area contributed by atoms with Crippen LogP contribution in [0.25, 0.3) is 0 Å². The molecule has 12 heavy (non-hydrogen) atoms. The lowest BCUT2D eigenvalue weighted by Gasteiger charge is -2.00. The quantitative estimate of drug-likeness (QED) is 0.767. The molecule has 1 aliphatic carbocycles. The fraction of sp³-hybridized carbons (Fsp3) is 0.750. The number of alkyl halides is 1. The zero-order valence-corrected chi connectivity index (χ0v) is 9.36. The highest BCUT2D eigenvalue weighted by Gasteiger charge is 2.25. The van der Waals surface area contributed by atoms with Crippen molar-refractivity contribution >= 4 is 27.5 Å². The van der Waals surface area contributed by atoms with Gasteiger partial charge in [-0.1, -0.05) is 20.4 Å². The van der Waals surface area contributed by atoms with E-state index in [2.05, 4.69) is 32.4 Å². The third-order valence-corrected chi connectivity index (χ3v) is 3.84. The van der Waals surface area contributed by atoms with Gasteiger partial charge in [0.05, 0.1) is 10.6 Å². The second kappa shape index (κ2) is 3.42. The van der Waals surface area contributed by atoms with Gasteiger partial charge in [-0.2, -0.15) is 0 Å². The van der Waals surface area contributed by atoms with Crippen LogP contribution in [0.3, 0.4) is 0 Å². The molecule has 1 heterocycles. The van der Waals surface area contributed by atoms with E-state index in [0.717, 1.165) is 12.3 Å². The van der Waals surface area contributed by atoms with Gasteiger partial charge in [0, 0.05) is 4.83 Å². The van der Waals surface area contributed by atoms with Crippen LogP contribution < -0.4 is 0 Å². The lowest BCUT2D eigenvalue weighted by atomic mass is 10.2. The highest BCUT2D eigenvalue weighted by molar-refractivity contribution is 9.09. The van der Waals surface area contributed by atoms with Crippen molar-refractivity contribution in [2.24, 2.45) is 5.92 Å². The summed E-state index contributed by atoms with van der Waals surface area (Å²) in [6.45, 7) is 2.13. The molecule has 0 bridgehead atoms. The van der Waals surface area contributed by atoms with Crippen molar-refractivity contribution in [1.82, 2.24) is 9.59 Å². The number of hydrogen-bond acceptors (Lipinski definition) is 3. The van der Waals surface area contributed by atoms with Gasteiger partial charge >= 0.3 is 0 Å². The van der Waals surface area contributed by atoms with Gasteiger partial charge in [-0.05, 0) is 43.6 Å². The van der Waals surface area contributed by atoms with Crippen LogP contribution in [-0.2, 0) is 6.42 Å². The molecule has 2 nitrogen and oxygen atoms in total. The van der Waals surface area contributed by atoms with Gasteiger partial charge in [-0.3, -0.25) is 0 Å². The molecular weight excluding hydrogens is 236 g/mol.